The van der Waals surface area contributed by atoms with Gasteiger partial charge in [-0.1, -0.05) is 23.7 Å². The molecule has 0 atom stereocenters. The average Bonchev–Trinajstić information content (AvgIpc) is 2.77. The number of Topliss-reactive ketones (excluding diaryl/α,β-unsaturated/α-hetero) is 1. The van der Waals surface area contributed by atoms with Crippen LogP contribution in [0.1, 0.15) is 20.7 Å². The second-order valence-corrected chi connectivity index (χ2v) is 6.98. The molecular formula is C22H18ClN3O5. The minimum Gasteiger partial charge on any atom is -0.478 e. The summed E-state index contributed by atoms with van der Waals surface area (Å²) in [6.45, 7) is -0.196. The molecule has 8 nitrogen and oxygen atoms in total. The molecule has 0 aliphatic rings. The molecule has 3 rings (SSSR count). The lowest BCUT2D eigenvalue weighted by atomic mass is 10.1. The first-order valence-corrected chi connectivity index (χ1v) is 9.54. The zero-order chi connectivity index (χ0) is 22.5. The number of ketones is 1. The lowest BCUT2D eigenvalue weighted by Gasteiger charge is -2.28. The Bertz CT molecular complexity index is 1150. The summed E-state index contributed by atoms with van der Waals surface area (Å²) in [6, 6.07) is 16.6. The van der Waals surface area contributed by atoms with Crippen LogP contribution in [-0.2, 0) is 0 Å². The van der Waals surface area contributed by atoms with Crippen LogP contribution in [0.5, 0.6) is 0 Å². The van der Waals surface area contributed by atoms with E-state index in [4.69, 9.17) is 11.6 Å². The first-order valence-electron chi connectivity index (χ1n) is 9.16. The van der Waals surface area contributed by atoms with Crippen molar-refractivity contribution in [2.24, 2.45) is 0 Å². The number of halogens is 1. The van der Waals surface area contributed by atoms with E-state index in [0.717, 1.165) is 0 Å². The summed E-state index contributed by atoms with van der Waals surface area (Å²) in [5.41, 5.74) is 1.64. The van der Waals surface area contributed by atoms with Gasteiger partial charge in [-0.15, -0.1) is 0 Å². The van der Waals surface area contributed by atoms with Gasteiger partial charge in [-0.3, -0.25) is 14.9 Å². The van der Waals surface area contributed by atoms with Gasteiger partial charge >= 0.3 is 5.97 Å². The molecule has 3 aromatic rings. The Hall–Kier alpha value is -3.91. The maximum absolute atomic E-state index is 13.0. The zero-order valence-corrected chi connectivity index (χ0v) is 17.2. The third kappa shape index (κ3) is 4.81. The first-order chi connectivity index (χ1) is 14.8. The van der Waals surface area contributed by atoms with Crippen molar-refractivity contribution in [1.82, 2.24) is 0 Å². The lowest BCUT2D eigenvalue weighted by molar-refractivity contribution is -0.384. The van der Waals surface area contributed by atoms with Gasteiger partial charge < -0.3 is 15.3 Å². The Balaban J connectivity index is 2.08. The number of nitrogens with one attached hydrogen (secondary N) is 1. The molecule has 3 aromatic carbocycles. The monoisotopic (exact) mass is 439 g/mol. The molecule has 0 aromatic heterocycles. The van der Waals surface area contributed by atoms with Crippen molar-refractivity contribution in [3.05, 3.63) is 93.0 Å². The highest BCUT2D eigenvalue weighted by atomic mass is 35.5. The number of carbonyl (C=O) groups excluding carboxylic acids is 1. The van der Waals surface area contributed by atoms with Crippen molar-refractivity contribution in [1.29, 1.82) is 0 Å². The van der Waals surface area contributed by atoms with Crippen molar-refractivity contribution < 1.29 is 19.6 Å². The number of carbonyl (C=O) groups is 2. The summed E-state index contributed by atoms with van der Waals surface area (Å²) in [4.78, 5) is 36.7. The van der Waals surface area contributed by atoms with Gasteiger partial charge in [-0.2, -0.15) is 0 Å². The van der Waals surface area contributed by atoms with E-state index in [1.165, 1.54) is 30.3 Å². The van der Waals surface area contributed by atoms with Crippen LogP contribution in [0.15, 0.2) is 66.7 Å². The Kier molecular flexibility index (Phi) is 6.52. The molecule has 0 saturated carbocycles. The lowest BCUT2D eigenvalue weighted by Crippen LogP contribution is -2.27. The zero-order valence-electron chi connectivity index (χ0n) is 16.4. The van der Waals surface area contributed by atoms with Crippen LogP contribution in [-0.4, -0.2) is 35.4 Å². The smallest absolute Gasteiger partial charge is 0.337 e. The predicted octanol–water partition coefficient (Wildman–Crippen LogP) is 5.01. The quantitative estimate of drug-likeness (QED) is 0.288. The molecule has 0 heterocycles. The van der Waals surface area contributed by atoms with Crippen molar-refractivity contribution in [2.45, 2.75) is 0 Å². The van der Waals surface area contributed by atoms with Gasteiger partial charge in [0.15, 0.2) is 5.78 Å². The molecule has 0 unspecified atom stereocenters. The van der Waals surface area contributed by atoms with Gasteiger partial charge in [0.1, 0.15) is 0 Å². The summed E-state index contributed by atoms with van der Waals surface area (Å²) in [6.07, 6.45) is 0. The van der Waals surface area contributed by atoms with Gasteiger partial charge in [-0.05, 0) is 42.5 Å². The minimum atomic E-state index is -1.14. The number of rotatable bonds is 8. The van der Waals surface area contributed by atoms with E-state index in [-0.39, 0.29) is 29.1 Å². The van der Waals surface area contributed by atoms with E-state index in [9.17, 15) is 24.8 Å². The molecule has 0 aliphatic carbocycles. The predicted molar refractivity (Wildman–Crippen MR) is 119 cm³/mol. The van der Waals surface area contributed by atoms with Gasteiger partial charge in [-0.25, -0.2) is 4.79 Å². The largest absolute Gasteiger partial charge is 0.478 e. The summed E-state index contributed by atoms with van der Waals surface area (Å²) >= 11 is 6.10. The Morgan fingerprint density at radius 1 is 1.06 bits per heavy atom. The maximum Gasteiger partial charge on any atom is 0.337 e. The number of anilines is 3. The number of hydrogen-bond donors (Lipinski definition) is 2. The Morgan fingerprint density at radius 2 is 1.74 bits per heavy atom. The van der Waals surface area contributed by atoms with E-state index >= 15 is 0 Å². The standard InChI is InChI=1S/C22H18ClN3O5/c1-24-18-12-15(23)8-11-20(18)25(19-5-3-2-4-17(19)22(28)29)13-21(27)14-6-9-16(10-7-14)26(30)31/h2-12,24H,13H2,1H3,(H,28,29). The Morgan fingerprint density at radius 3 is 2.35 bits per heavy atom. The highest BCUT2D eigenvalue weighted by Crippen LogP contribution is 2.36. The molecule has 0 saturated heterocycles. The van der Waals surface area contributed by atoms with E-state index < -0.39 is 10.9 Å². The van der Waals surface area contributed by atoms with Crippen molar-refractivity contribution in [2.75, 3.05) is 23.8 Å². The minimum absolute atomic E-state index is 0.0241. The van der Waals surface area contributed by atoms with Crippen molar-refractivity contribution in [3.8, 4) is 0 Å². The number of nitrogens with zero attached hydrogens (tertiary/aromatic N) is 2. The van der Waals surface area contributed by atoms with Crippen LogP contribution in [0.25, 0.3) is 0 Å². The van der Waals surface area contributed by atoms with Crippen LogP contribution < -0.4 is 10.2 Å². The molecule has 0 spiro atoms. The highest BCUT2D eigenvalue weighted by Gasteiger charge is 2.23. The number of carboxylic acids is 1. The van der Waals surface area contributed by atoms with Crippen LogP contribution in [0.2, 0.25) is 5.02 Å². The second kappa shape index (κ2) is 9.27. The number of hydrogen-bond acceptors (Lipinski definition) is 6. The van der Waals surface area contributed by atoms with Gasteiger partial charge in [0.2, 0.25) is 0 Å². The number of para-hydroxylation sites is 1. The van der Waals surface area contributed by atoms with Crippen LogP contribution in [0.3, 0.4) is 0 Å². The van der Waals surface area contributed by atoms with Gasteiger partial charge in [0.25, 0.3) is 5.69 Å². The second-order valence-electron chi connectivity index (χ2n) is 6.55. The number of nitro benzene ring substituents is 1. The fourth-order valence-corrected chi connectivity index (χ4v) is 3.31. The topological polar surface area (TPSA) is 113 Å². The third-order valence-corrected chi connectivity index (χ3v) is 4.88. The number of benzene rings is 3. The molecular weight excluding hydrogens is 422 g/mol. The maximum atomic E-state index is 13.0. The number of non-ortho nitro benzene ring substituents is 1. The van der Waals surface area contributed by atoms with Crippen molar-refractivity contribution in [3.63, 3.8) is 0 Å². The number of carboxylic acid groups (broad SMARTS) is 1. The fraction of sp³-hybridized carbons (Fsp3) is 0.0909. The normalized spacial score (nSPS) is 10.4. The molecule has 0 amide bonds. The molecule has 31 heavy (non-hydrogen) atoms. The molecule has 2 N–H and O–H groups in total. The van der Waals surface area contributed by atoms with Crippen molar-refractivity contribution >= 4 is 46.1 Å². The van der Waals surface area contributed by atoms with E-state index in [1.54, 1.807) is 48.3 Å². The van der Waals surface area contributed by atoms with E-state index in [2.05, 4.69) is 5.32 Å². The first kappa shape index (κ1) is 21.8. The third-order valence-electron chi connectivity index (χ3n) is 4.65. The molecule has 0 bridgehead atoms. The summed E-state index contributed by atoms with van der Waals surface area (Å²) < 4.78 is 0. The molecule has 0 fully saturated rings. The molecule has 158 valence electrons. The highest BCUT2D eigenvalue weighted by molar-refractivity contribution is 6.31. The molecule has 9 heteroatoms. The van der Waals surface area contributed by atoms with Crippen LogP contribution in [0, 0.1) is 10.1 Å². The molecule has 0 radical (unpaired) electrons. The summed E-state index contributed by atoms with van der Waals surface area (Å²) in [5, 5.41) is 24.0. The van der Waals surface area contributed by atoms with Gasteiger partial charge in [0, 0.05) is 29.8 Å². The number of nitro groups is 1. The fourth-order valence-electron chi connectivity index (χ4n) is 3.14. The van der Waals surface area contributed by atoms with Gasteiger partial charge in [0.05, 0.1) is 34.1 Å². The number of aromatic carboxylic acids is 1. The molecule has 0 aliphatic heterocycles. The van der Waals surface area contributed by atoms with Crippen LogP contribution in [0.4, 0.5) is 22.7 Å². The SMILES string of the molecule is CNc1cc(Cl)ccc1N(CC(=O)c1ccc([N+](=O)[O-])cc1)c1ccccc1C(=O)O. The average molecular weight is 440 g/mol. The summed E-state index contributed by atoms with van der Waals surface area (Å²) in [7, 11) is 1.69. The van der Waals surface area contributed by atoms with Crippen LogP contribution >= 0.6 is 11.6 Å². The summed E-state index contributed by atoms with van der Waals surface area (Å²) in [5.74, 6) is -1.48. The Labute approximate surface area is 182 Å². The van der Waals surface area contributed by atoms with E-state index in [0.29, 0.717) is 22.1 Å². The van der Waals surface area contributed by atoms with E-state index in [1.807, 2.05) is 0 Å².